The van der Waals surface area contributed by atoms with E-state index < -0.39 is 0 Å². The summed E-state index contributed by atoms with van der Waals surface area (Å²) in [6.07, 6.45) is 0. The summed E-state index contributed by atoms with van der Waals surface area (Å²) < 4.78 is 1.75. The van der Waals surface area contributed by atoms with Gasteiger partial charge in [-0.2, -0.15) is 0 Å². The zero-order chi connectivity index (χ0) is 4.71. The van der Waals surface area contributed by atoms with Crippen LogP contribution in [0.5, 0.6) is 0 Å². The van der Waals surface area contributed by atoms with Crippen LogP contribution in [0.15, 0.2) is 11.3 Å². The van der Waals surface area contributed by atoms with Crippen molar-refractivity contribution in [1.29, 1.82) is 0 Å². The van der Waals surface area contributed by atoms with Gasteiger partial charge in [0.05, 0.1) is 0 Å². The Bertz CT molecular complexity index is 12.4. The minimum atomic E-state index is 1.75. The predicted octanol–water partition coefficient (Wildman–Crippen LogP) is 0.501. The Balaban J connectivity index is 0. The van der Waals surface area contributed by atoms with Crippen LogP contribution in [0, 0.1) is 0 Å². The van der Waals surface area contributed by atoms with Gasteiger partial charge < -0.3 is 0 Å². The monoisotopic (exact) mass is 56.1 g/mol. The number of hydrogen-bond donors (Lipinski definition) is 0. The molecular formula is C3H6Li2. The van der Waals surface area contributed by atoms with Gasteiger partial charge in [-0.15, -0.1) is 0 Å². The molecule has 0 saturated heterocycles. The zero-order valence-electron chi connectivity index (χ0n) is 4.28. The van der Waals surface area contributed by atoms with Crippen molar-refractivity contribution in [3.05, 3.63) is 11.3 Å². The molecule has 0 radical (unpaired) electrons. The summed E-state index contributed by atoms with van der Waals surface area (Å²) in [6, 6.07) is 0. The summed E-state index contributed by atoms with van der Waals surface area (Å²) in [7, 11) is 0. The first-order chi connectivity index (χ1) is 2.41. The molecule has 20 valence electrons. The van der Waals surface area contributed by atoms with Gasteiger partial charge in [0, 0.05) is 0 Å². The molecule has 0 aromatic carbocycles. The first-order valence-corrected chi connectivity index (χ1v) is 1.99. The van der Waals surface area contributed by atoms with Gasteiger partial charge in [-0.1, -0.05) is 0 Å². The van der Waals surface area contributed by atoms with Crippen LogP contribution in [0.1, 0.15) is 0 Å². The van der Waals surface area contributed by atoms with E-state index in [1.807, 2.05) is 41.0 Å². The van der Waals surface area contributed by atoms with Gasteiger partial charge in [0.2, 0.25) is 0 Å². The van der Waals surface area contributed by atoms with Crippen LogP contribution in [0.2, 0.25) is 5.60 Å². The Morgan fingerprint density at radius 1 is 1.60 bits per heavy atom. The predicted molar refractivity (Wildman–Crippen MR) is 27.6 cm³/mol. The molecule has 0 fully saturated rings. The quantitative estimate of drug-likeness (QED) is 0.354. The van der Waals surface area contributed by atoms with Crippen LogP contribution in [0.25, 0.3) is 0 Å². The number of hydrogen-bond acceptors (Lipinski definition) is 0. The molecule has 0 amide bonds. The Kier molecular flexibility index (Phi) is 38.1. The van der Waals surface area contributed by atoms with Crippen molar-refractivity contribution >= 4 is 35.4 Å². The van der Waals surface area contributed by atoms with E-state index in [2.05, 4.69) is 6.58 Å². The third-order valence-corrected chi connectivity index (χ3v) is 0. The normalized spacial score (nSPS) is 4.20. The maximum atomic E-state index is 3.36. The fourth-order valence-electron chi connectivity index (χ4n) is 0. The van der Waals surface area contributed by atoms with Gasteiger partial charge in [0.25, 0.3) is 0 Å². The molecule has 0 aliphatic rings. The minimum absolute atomic E-state index is 1.75. The van der Waals surface area contributed by atoms with E-state index in [1.54, 1.807) is 4.75 Å². The van der Waals surface area contributed by atoms with Crippen LogP contribution in [-0.4, -0.2) is 35.4 Å². The molecular weight excluding hydrogens is 49.9 g/mol. The van der Waals surface area contributed by atoms with Crippen molar-refractivity contribution < 1.29 is 0 Å². The van der Waals surface area contributed by atoms with Crippen molar-refractivity contribution in [2.45, 2.75) is 5.60 Å². The first kappa shape index (κ1) is 9.33. The molecule has 5 heavy (non-hydrogen) atoms. The molecule has 0 saturated carbocycles. The molecule has 0 N–H and O–H groups in total. The molecule has 0 heterocycles. The molecule has 0 aliphatic heterocycles. The van der Waals surface area contributed by atoms with E-state index in [9.17, 15) is 0 Å². The Labute approximate surface area is 52.4 Å². The van der Waals surface area contributed by atoms with Crippen molar-refractivity contribution in [3.8, 4) is 0 Å². The third-order valence-electron chi connectivity index (χ3n) is 0. The van der Waals surface area contributed by atoms with Gasteiger partial charge in [-0.05, 0) is 0 Å². The Morgan fingerprint density at radius 3 is 1.60 bits per heavy atom. The Hall–Kier alpha value is 0.935. The van der Waals surface area contributed by atoms with Gasteiger partial charge in [-0.25, -0.2) is 0 Å². The second-order valence-corrected chi connectivity index (χ2v) is 0.408. The molecule has 0 aromatic heterocycles. The summed E-state index contributed by atoms with van der Waals surface area (Å²) in [5, 5.41) is 0. The van der Waals surface area contributed by atoms with E-state index in [0.717, 1.165) is 0 Å². The zero-order valence-corrected chi connectivity index (χ0v) is 4.28. The molecule has 0 rings (SSSR count). The summed E-state index contributed by atoms with van der Waals surface area (Å²) in [5.41, 5.74) is 2.00. The molecule has 0 aromatic rings. The van der Waals surface area contributed by atoms with Gasteiger partial charge in [-0.3, -0.25) is 0 Å². The topological polar surface area (TPSA) is 0 Å². The van der Waals surface area contributed by atoms with Gasteiger partial charge in [0.1, 0.15) is 0 Å². The molecule has 0 nitrogen and oxygen atoms in total. The van der Waals surface area contributed by atoms with E-state index in [-0.39, 0.29) is 0 Å². The van der Waals surface area contributed by atoms with E-state index >= 15 is 0 Å². The standard InChI is InChI=1S/C2H3.CH3.2Li/c1-2;;;/h1H,2H2;1H3;;. The summed E-state index contributed by atoms with van der Waals surface area (Å²) in [4.78, 5) is 0. The second-order valence-electron chi connectivity index (χ2n) is 0.408. The van der Waals surface area contributed by atoms with Crippen LogP contribution in [-0.2, 0) is 0 Å². The van der Waals surface area contributed by atoms with E-state index in [0.29, 0.717) is 0 Å². The molecule has 2 heteroatoms. The summed E-state index contributed by atoms with van der Waals surface area (Å²) in [5.74, 6) is 0. The Morgan fingerprint density at radius 2 is 1.60 bits per heavy atom. The third kappa shape index (κ3) is 48.6. The summed E-state index contributed by atoms with van der Waals surface area (Å²) in [6.45, 7) is 3.36. The maximum absolute atomic E-state index is 3.36. The fraction of sp³-hybridized carbons (Fsp3) is 0.333. The van der Waals surface area contributed by atoms with E-state index in [4.69, 9.17) is 0 Å². The van der Waals surface area contributed by atoms with Gasteiger partial charge >= 0.3 is 52.4 Å². The average molecular weight is 56.0 g/mol. The summed E-state index contributed by atoms with van der Waals surface area (Å²) >= 11 is 3.89. The molecule has 0 aliphatic carbocycles. The van der Waals surface area contributed by atoms with Crippen LogP contribution >= 0.6 is 0 Å². The number of rotatable bonds is 0. The molecule has 0 unspecified atom stereocenters. The van der Waals surface area contributed by atoms with Crippen LogP contribution in [0.3, 0.4) is 0 Å². The second kappa shape index (κ2) is 20.4. The van der Waals surface area contributed by atoms with Crippen LogP contribution < -0.4 is 0 Å². The molecule has 0 bridgehead atoms. The SMILES string of the molecule is [Li][CH3].[Li][CH]=C. The first-order valence-electron chi connectivity index (χ1n) is 1.99. The van der Waals surface area contributed by atoms with Crippen molar-refractivity contribution in [1.82, 2.24) is 0 Å². The van der Waals surface area contributed by atoms with E-state index in [1.165, 1.54) is 0 Å². The van der Waals surface area contributed by atoms with Gasteiger partial charge in [0.15, 0.2) is 0 Å². The van der Waals surface area contributed by atoms with Crippen molar-refractivity contribution in [2.24, 2.45) is 0 Å². The van der Waals surface area contributed by atoms with Crippen molar-refractivity contribution in [3.63, 3.8) is 0 Å². The van der Waals surface area contributed by atoms with Crippen LogP contribution in [0.4, 0.5) is 0 Å². The molecule has 0 atom stereocenters. The molecule has 0 spiro atoms. The fourth-order valence-corrected chi connectivity index (χ4v) is 0. The average Bonchev–Trinajstić information content (AvgIpc) is 1.46. The van der Waals surface area contributed by atoms with Crippen molar-refractivity contribution in [2.75, 3.05) is 0 Å².